The standard InChI is InChI=1S/C21H36O3/c1-7-9-11-21-12-10-15(22)17(21)19(4,5)16(23)13-20(6,8-2)18(24)14(21)3/h8,14,16-18,23-24H,2,7,9-13H2,1,3-6H3/t14-,16+,17?,18-,20+,21-/m0/s1. The first-order valence-corrected chi connectivity index (χ1v) is 9.59. The van der Waals surface area contributed by atoms with Crippen molar-refractivity contribution in [2.75, 3.05) is 0 Å². The van der Waals surface area contributed by atoms with Gasteiger partial charge < -0.3 is 10.2 Å². The minimum Gasteiger partial charge on any atom is -0.393 e. The van der Waals surface area contributed by atoms with E-state index in [-0.39, 0.29) is 23.0 Å². The van der Waals surface area contributed by atoms with Gasteiger partial charge in [0.05, 0.1) is 12.2 Å². The molecule has 2 N–H and O–H groups in total. The lowest BCUT2D eigenvalue weighted by Gasteiger charge is -2.55. The van der Waals surface area contributed by atoms with Crippen LogP contribution >= 0.6 is 0 Å². The van der Waals surface area contributed by atoms with Gasteiger partial charge in [-0.2, -0.15) is 0 Å². The van der Waals surface area contributed by atoms with Crippen LogP contribution in [0.25, 0.3) is 0 Å². The van der Waals surface area contributed by atoms with E-state index in [4.69, 9.17) is 0 Å². The summed E-state index contributed by atoms with van der Waals surface area (Å²) >= 11 is 0. The van der Waals surface area contributed by atoms with Crippen LogP contribution in [-0.4, -0.2) is 28.2 Å². The van der Waals surface area contributed by atoms with E-state index in [1.807, 2.05) is 20.8 Å². The molecule has 2 aliphatic rings. The van der Waals surface area contributed by atoms with Crippen molar-refractivity contribution >= 4 is 5.78 Å². The number of unbranched alkanes of at least 4 members (excludes halogenated alkanes) is 1. The molecule has 2 saturated carbocycles. The zero-order valence-electron chi connectivity index (χ0n) is 16.1. The third-order valence-corrected chi connectivity index (χ3v) is 7.49. The second kappa shape index (κ2) is 6.57. The fourth-order valence-corrected chi connectivity index (χ4v) is 5.70. The van der Waals surface area contributed by atoms with Crippen LogP contribution in [0.4, 0.5) is 0 Å². The Bertz CT molecular complexity index is 497. The van der Waals surface area contributed by atoms with Crippen molar-refractivity contribution in [2.24, 2.45) is 28.1 Å². The molecule has 0 saturated heterocycles. The van der Waals surface area contributed by atoms with Gasteiger partial charge in [-0.1, -0.05) is 53.5 Å². The van der Waals surface area contributed by atoms with E-state index in [9.17, 15) is 15.0 Å². The molecule has 0 bridgehead atoms. The van der Waals surface area contributed by atoms with E-state index in [0.29, 0.717) is 12.8 Å². The summed E-state index contributed by atoms with van der Waals surface area (Å²) in [5.41, 5.74) is -1.24. The highest BCUT2D eigenvalue weighted by atomic mass is 16.3. The minimum atomic E-state index is -0.629. The first-order chi connectivity index (χ1) is 11.1. The smallest absolute Gasteiger partial charge is 0.137 e. The van der Waals surface area contributed by atoms with E-state index >= 15 is 0 Å². The quantitative estimate of drug-likeness (QED) is 0.759. The minimum absolute atomic E-state index is 0.00951. The normalized spacial score (nSPS) is 45.4. The number of ketones is 1. The number of carbonyl (C=O) groups is 1. The van der Waals surface area contributed by atoms with Gasteiger partial charge in [-0.3, -0.25) is 4.79 Å². The van der Waals surface area contributed by atoms with Gasteiger partial charge in [0.2, 0.25) is 0 Å². The molecule has 2 aliphatic carbocycles. The lowest BCUT2D eigenvalue weighted by molar-refractivity contribution is -0.158. The molecule has 3 heteroatoms. The van der Waals surface area contributed by atoms with Gasteiger partial charge in [0.15, 0.2) is 0 Å². The molecular weight excluding hydrogens is 300 g/mol. The zero-order chi connectivity index (χ0) is 18.3. The van der Waals surface area contributed by atoms with Crippen LogP contribution in [0, 0.1) is 28.1 Å². The highest BCUT2D eigenvalue weighted by Gasteiger charge is 2.62. The van der Waals surface area contributed by atoms with Crippen LogP contribution in [-0.2, 0) is 4.79 Å². The summed E-state index contributed by atoms with van der Waals surface area (Å²) in [7, 11) is 0. The van der Waals surface area contributed by atoms with Gasteiger partial charge in [-0.25, -0.2) is 0 Å². The summed E-state index contributed by atoms with van der Waals surface area (Å²) < 4.78 is 0. The van der Waals surface area contributed by atoms with Gasteiger partial charge in [-0.05, 0) is 30.6 Å². The molecule has 0 radical (unpaired) electrons. The number of rotatable bonds is 4. The fraction of sp³-hybridized carbons (Fsp3) is 0.857. The molecule has 0 aromatic rings. The average Bonchev–Trinajstić information content (AvgIpc) is 2.88. The largest absolute Gasteiger partial charge is 0.393 e. The monoisotopic (exact) mass is 336 g/mol. The van der Waals surface area contributed by atoms with Crippen molar-refractivity contribution in [3.63, 3.8) is 0 Å². The maximum Gasteiger partial charge on any atom is 0.137 e. The number of aliphatic hydroxyl groups is 2. The summed E-state index contributed by atoms with van der Waals surface area (Å²) in [4.78, 5) is 12.9. The number of hydrogen-bond acceptors (Lipinski definition) is 3. The van der Waals surface area contributed by atoms with Crippen molar-refractivity contribution in [1.82, 2.24) is 0 Å². The maximum atomic E-state index is 12.9. The van der Waals surface area contributed by atoms with E-state index < -0.39 is 23.0 Å². The van der Waals surface area contributed by atoms with Crippen molar-refractivity contribution in [3.8, 4) is 0 Å². The van der Waals surface area contributed by atoms with E-state index in [2.05, 4.69) is 20.4 Å². The predicted molar refractivity (Wildman–Crippen MR) is 97.6 cm³/mol. The lowest BCUT2D eigenvalue weighted by atomic mass is 9.50. The molecule has 24 heavy (non-hydrogen) atoms. The van der Waals surface area contributed by atoms with Crippen LogP contribution in [0.3, 0.4) is 0 Å². The maximum absolute atomic E-state index is 12.9. The molecule has 0 spiro atoms. The number of carbonyl (C=O) groups excluding carboxylic acids is 1. The van der Waals surface area contributed by atoms with E-state index in [0.717, 1.165) is 25.7 Å². The van der Waals surface area contributed by atoms with Crippen molar-refractivity contribution < 1.29 is 15.0 Å². The van der Waals surface area contributed by atoms with Gasteiger partial charge >= 0.3 is 0 Å². The molecule has 138 valence electrons. The molecule has 0 aromatic carbocycles. The third-order valence-electron chi connectivity index (χ3n) is 7.49. The molecule has 1 unspecified atom stereocenters. The summed E-state index contributed by atoms with van der Waals surface area (Å²) in [6.45, 7) is 14.3. The van der Waals surface area contributed by atoms with Gasteiger partial charge in [0.1, 0.15) is 5.78 Å². The Hall–Kier alpha value is -0.670. The van der Waals surface area contributed by atoms with Crippen LogP contribution in [0.1, 0.15) is 73.1 Å². The van der Waals surface area contributed by atoms with Gasteiger partial charge in [-0.15, -0.1) is 6.58 Å². The van der Waals surface area contributed by atoms with Gasteiger partial charge in [0, 0.05) is 23.2 Å². The first kappa shape index (κ1) is 19.7. The van der Waals surface area contributed by atoms with Crippen LogP contribution in [0.5, 0.6) is 0 Å². The Morgan fingerprint density at radius 1 is 1.29 bits per heavy atom. The number of Topliss-reactive ketones (excluding diaryl/α,β-unsaturated/α-hetero) is 1. The zero-order valence-corrected chi connectivity index (χ0v) is 16.1. The Kier molecular flexibility index (Phi) is 5.38. The number of fused-ring (bicyclic) bond motifs is 1. The molecule has 0 amide bonds. The molecule has 2 rings (SSSR count). The SMILES string of the molecule is C=C[C@]1(C)C[C@@H](O)C(C)(C)C2C(=O)CC[C@@]2(CCCC)[C@@H](C)[C@@H]1O. The Labute approximate surface area is 147 Å². The van der Waals surface area contributed by atoms with Crippen molar-refractivity contribution in [2.45, 2.75) is 85.4 Å². The lowest BCUT2D eigenvalue weighted by Crippen LogP contribution is -2.57. The Morgan fingerprint density at radius 2 is 1.92 bits per heavy atom. The summed E-state index contributed by atoms with van der Waals surface area (Å²) in [5, 5.41) is 22.2. The Morgan fingerprint density at radius 3 is 2.46 bits per heavy atom. The molecule has 0 heterocycles. The van der Waals surface area contributed by atoms with E-state index in [1.54, 1.807) is 6.08 Å². The summed E-state index contributed by atoms with van der Waals surface area (Å²) in [6, 6.07) is 0. The van der Waals surface area contributed by atoms with Gasteiger partial charge in [0.25, 0.3) is 0 Å². The van der Waals surface area contributed by atoms with E-state index in [1.165, 1.54) is 0 Å². The first-order valence-electron chi connectivity index (χ1n) is 9.59. The highest BCUT2D eigenvalue weighted by Crippen LogP contribution is 2.62. The molecule has 0 aromatic heterocycles. The number of aliphatic hydroxyl groups excluding tert-OH is 2. The highest BCUT2D eigenvalue weighted by molar-refractivity contribution is 5.85. The van der Waals surface area contributed by atoms with Crippen molar-refractivity contribution in [3.05, 3.63) is 12.7 Å². The number of hydrogen-bond donors (Lipinski definition) is 2. The second-order valence-electron chi connectivity index (χ2n) is 9.22. The fourth-order valence-electron chi connectivity index (χ4n) is 5.70. The molecule has 0 aliphatic heterocycles. The Balaban J connectivity index is 2.61. The van der Waals surface area contributed by atoms with Crippen LogP contribution in [0.15, 0.2) is 12.7 Å². The summed E-state index contributed by atoms with van der Waals surface area (Å²) in [6.07, 6.45) is 5.51. The predicted octanol–water partition coefficient (Wildman–Crippen LogP) is 4.12. The molecule has 2 fully saturated rings. The van der Waals surface area contributed by atoms with Crippen LogP contribution in [0.2, 0.25) is 0 Å². The molecular formula is C21H36O3. The topological polar surface area (TPSA) is 57.5 Å². The van der Waals surface area contributed by atoms with Crippen molar-refractivity contribution in [1.29, 1.82) is 0 Å². The average molecular weight is 337 g/mol. The molecule has 3 nitrogen and oxygen atoms in total. The molecule has 6 atom stereocenters. The third kappa shape index (κ3) is 2.78. The van der Waals surface area contributed by atoms with Crippen LogP contribution < -0.4 is 0 Å². The second-order valence-corrected chi connectivity index (χ2v) is 9.22. The summed E-state index contributed by atoms with van der Waals surface area (Å²) in [5.74, 6) is 0.109.